The van der Waals surface area contributed by atoms with E-state index in [-0.39, 0.29) is 5.63 Å². The number of quaternary nitrogens is 1. The molecule has 1 atom stereocenters. The predicted octanol–water partition coefficient (Wildman–Crippen LogP) is 0.483. The summed E-state index contributed by atoms with van der Waals surface area (Å²) in [6, 6.07) is 5.43. The Kier molecular flexibility index (Phi) is 3.46. The first-order chi connectivity index (χ1) is 9.69. The van der Waals surface area contributed by atoms with Crippen molar-refractivity contribution in [1.82, 2.24) is 0 Å². The fraction of sp³-hybridized carbons (Fsp3) is 0.400. The SMILES string of the molecule is COCC[NH+]1COc2ccc3c(C)cc(=O)oc3c2C1. The van der Waals surface area contributed by atoms with Crippen LogP contribution in [0.15, 0.2) is 27.4 Å². The molecule has 2 aromatic rings. The van der Waals surface area contributed by atoms with E-state index in [4.69, 9.17) is 13.9 Å². The highest BCUT2D eigenvalue weighted by atomic mass is 16.5. The first-order valence-corrected chi connectivity index (χ1v) is 6.70. The molecule has 0 fully saturated rings. The van der Waals surface area contributed by atoms with Gasteiger partial charge in [0, 0.05) is 18.6 Å². The van der Waals surface area contributed by atoms with Crippen LogP contribution in [0.3, 0.4) is 0 Å². The molecule has 5 nitrogen and oxygen atoms in total. The van der Waals surface area contributed by atoms with Crippen molar-refractivity contribution in [1.29, 1.82) is 0 Å². The van der Waals surface area contributed by atoms with Gasteiger partial charge in [-0.1, -0.05) is 0 Å². The number of nitrogens with one attached hydrogen (secondary N) is 1. The van der Waals surface area contributed by atoms with Gasteiger partial charge in [0.1, 0.15) is 18.8 Å². The van der Waals surface area contributed by atoms with Gasteiger partial charge in [-0.25, -0.2) is 4.79 Å². The summed E-state index contributed by atoms with van der Waals surface area (Å²) in [7, 11) is 1.69. The van der Waals surface area contributed by atoms with E-state index in [2.05, 4.69) is 0 Å². The van der Waals surface area contributed by atoms with E-state index in [0.717, 1.165) is 35.4 Å². The molecule has 0 saturated heterocycles. The largest absolute Gasteiger partial charge is 0.445 e. The molecule has 20 heavy (non-hydrogen) atoms. The van der Waals surface area contributed by atoms with E-state index < -0.39 is 0 Å². The second-order valence-electron chi connectivity index (χ2n) is 5.13. The zero-order chi connectivity index (χ0) is 14.1. The topological polar surface area (TPSA) is 53.1 Å². The molecule has 0 bridgehead atoms. The van der Waals surface area contributed by atoms with Gasteiger partial charge < -0.3 is 13.9 Å². The number of rotatable bonds is 3. The third-order valence-electron chi connectivity index (χ3n) is 3.70. The van der Waals surface area contributed by atoms with E-state index in [1.54, 1.807) is 7.11 Å². The van der Waals surface area contributed by atoms with Crippen molar-refractivity contribution >= 4 is 11.0 Å². The summed E-state index contributed by atoms with van der Waals surface area (Å²) in [5, 5.41) is 0.972. The van der Waals surface area contributed by atoms with Crippen LogP contribution < -0.4 is 15.3 Å². The van der Waals surface area contributed by atoms with Gasteiger partial charge in [-0.2, -0.15) is 0 Å². The predicted molar refractivity (Wildman–Crippen MR) is 74.1 cm³/mol. The summed E-state index contributed by atoms with van der Waals surface area (Å²) in [6.45, 7) is 4.86. The highest BCUT2D eigenvalue weighted by Crippen LogP contribution is 2.29. The highest BCUT2D eigenvalue weighted by molar-refractivity contribution is 5.84. The van der Waals surface area contributed by atoms with E-state index in [9.17, 15) is 4.79 Å². The molecule has 106 valence electrons. The summed E-state index contributed by atoms with van der Waals surface area (Å²) in [4.78, 5) is 12.9. The fourth-order valence-corrected chi connectivity index (χ4v) is 2.61. The van der Waals surface area contributed by atoms with Crippen molar-refractivity contribution in [2.24, 2.45) is 0 Å². The van der Waals surface area contributed by atoms with Crippen LogP contribution in [-0.2, 0) is 11.3 Å². The summed E-state index contributed by atoms with van der Waals surface area (Å²) >= 11 is 0. The zero-order valence-corrected chi connectivity index (χ0v) is 11.7. The van der Waals surface area contributed by atoms with Crippen molar-refractivity contribution < 1.29 is 18.8 Å². The molecule has 2 heterocycles. The summed E-state index contributed by atoms with van der Waals surface area (Å²) in [5.41, 5.74) is 2.25. The van der Waals surface area contributed by atoms with Gasteiger partial charge in [-0.05, 0) is 24.6 Å². The number of benzene rings is 1. The molecule has 0 spiro atoms. The van der Waals surface area contributed by atoms with Crippen LogP contribution in [0.5, 0.6) is 5.75 Å². The number of fused-ring (bicyclic) bond motifs is 3. The minimum atomic E-state index is -0.313. The first-order valence-electron chi connectivity index (χ1n) is 6.70. The molecule has 1 unspecified atom stereocenters. The van der Waals surface area contributed by atoms with Crippen LogP contribution in [-0.4, -0.2) is 27.0 Å². The Morgan fingerprint density at radius 3 is 3.05 bits per heavy atom. The van der Waals surface area contributed by atoms with E-state index >= 15 is 0 Å². The Morgan fingerprint density at radius 1 is 1.40 bits per heavy atom. The van der Waals surface area contributed by atoms with Crippen LogP contribution in [0.1, 0.15) is 11.1 Å². The third kappa shape index (κ3) is 2.30. The number of hydrogen-bond acceptors (Lipinski definition) is 4. The monoisotopic (exact) mass is 276 g/mol. The standard InChI is InChI=1S/C15H17NO4/c1-10-7-14(17)20-15-11(10)3-4-13-12(15)8-16(9-19-13)5-6-18-2/h3-4,7H,5-6,8-9H2,1-2H3/p+1. The zero-order valence-electron chi connectivity index (χ0n) is 11.7. The van der Waals surface area contributed by atoms with Gasteiger partial charge in [0.15, 0.2) is 5.58 Å². The van der Waals surface area contributed by atoms with Gasteiger partial charge >= 0.3 is 5.63 Å². The molecular weight excluding hydrogens is 258 g/mol. The van der Waals surface area contributed by atoms with E-state index in [1.165, 1.54) is 11.0 Å². The Bertz CT molecular complexity index is 692. The smallest absolute Gasteiger partial charge is 0.336 e. The van der Waals surface area contributed by atoms with E-state index in [1.807, 2.05) is 19.1 Å². The molecule has 1 aliphatic rings. The second kappa shape index (κ2) is 5.26. The molecule has 1 aromatic heterocycles. The molecule has 0 aliphatic carbocycles. The lowest BCUT2D eigenvalue weighted by atomic mass is 10.1. The first kappa shape index (κ1) is 13.1. The van der Waals surface area contributed by atoms with Crippen LogP contribution in [0, 0.1) is 6.92 Å². The molecule has 5 heteroatoms. The molecule has 1 aromatic carbocycles. The van der Waals surface area contributed by atoms with Crippen molar-refractivity contribution in [3.63, 3.8) is 0 Å². The lowest BCUT2D eigenvalue weighted by Crippen LogP contribution is -3.12. The van der Waals surface area contributed by atoms with Crippen molar-refractivity contribution in [3.8, 4) is 5.75 Å². The van der Waals surface area contributed by atoms with Crippen molar-refractivity contribution in [2.75, 3.05) is 27.0 Å². The normalized spacial score (nSPS) is 17.8. The van der Waals surface area contributed by atoms with Crippen LogP contribution >= 0.6 is 0 Å². The molecule has 0 amide bonds. The minimum Gasteiger partial charge on any atom is -0.445 e. The van der Waals surface area contributed by atoms with Gasteiger partial charge in [0.05, 0.1) is 12.2 Å². The lowest BCUT2D eigenvalue weighted by Gasteiger charge is -2.26. The Hall–Kier alpha value is -1.85. The van der Waals surface area contributed by atoms with E-state index in [0.29, 0.717) is 18.9 Å². The average molecular weight is 276 g/mol. The molecule has 3 rings (SSSR count). The Labute approximate surface area is 116 Å². The maximum Gasteiger partial charge on any atom is 0.336 e. The summed E-state index contributed by atoms with van der Waals surface area (Å²) in [6.07, 6.45) is 0. The maximum absolute atomic E-state index is 11.6. The van der Waals surface area contributed by atoms with Crippen molar-refractivity contribution in [3.05, 3.63) is 39.7 Å². The van der Waals surface area contributed by atoms with Crippen LogP contribution in [0.2, 0.25) is 0 Å². The van der Waals surface area contributed by atoms with Crippen LogP contribution in [0.25, 0.3) is 11.0 Å². The van der Waals surface area contributed by atoms with Gasteiger partial charge in [0.25, 0.3) is 0 Å². The Balaban J connectivity index is 2.06. The average Bonchev–Trinajstić information content (AvgIpc) is 2.44. The number of methoxy groups -OCH3 is 1. The van der Waals surface area contributed by atoms with Gasteiger partial charge in [-0.3, -0.25) is 4.90 Å². The van der Waals surface area contributed by atoms with Gasteiger partial charge in [-0.15, -0.1) is 0 Å². The fourth-order valence-electron chi connectivity index (χ4n) is 2.61. The second-order valence-corrected chi connectivity index (χ2v) is 5.13. The summed E-state index contributed by atoms with van der Waals surface area (Å²) < 4.78 is 16.3. The Morgan fingerprint density at radius 2 is 2.25 bits per heavy atom. The van der Waals surface area contributed by atoms with Crippen molar-refractivity contribution in [2.45, 2.75) is 13.5 Å². The van der Waals surface area contributed by atoms with Crippen LogP contribution in [0.4, 0.5) is 0 Å². The third-order valence-corrected chi connectivity index (χ3v) is 3.70. The molecule has 0 saturated carbocycles. The molecule has 0 radical (unpaired) electrons. The molecular formula is C15H18NO4+. The number of hydrogen-bond donors (Lipinski definition) is 1. The highest BCUT2D eigenvalue weighted by Gasteiger charge is 2.24. The number of ether oxygens (including phenoxy) is 2. The molecule has 1 aliphatic heterocycles. The quantitative estimate of drug-likeness (QED) is 0.829. The number of aryl methyl sites for hydroxylation is 1. The maximum atomic E-state index is 11.6. The molecule has 1 N–H and O–H groups in total. The lowest BCUT2D eigenvalue weighted by molar-refractivity contribution is -0.932. The minimum absolute atomic E-state index is 0.313. The summed E-state index contributed by atoms with van der Waals surface area (Å²) in [5.74, 6) is 0.812. The van der Waals surface area contributed by atoms with Gasteiger partial charge in [0.2, 0.25) is 6.73 Å².